The number of halogens is 2. The molecule has 0 aliphatic rings. The lowest BCUT2D eigenvalue weighted by Crippen LogP contribution is -2.32. The van der Waals surface area contributed by atoms with E-state index in [1.807, 2.05) is 39.5 Å². The molecule has 0 saturated heterocycles. The summed E-state index contributed by atoms with van der Waals surface area (Å²) in [6, 6.07) is 0. The van der Waals surface area contributed by atoms with Crippen molar-refractivity contribution in [1.82, 2.24) is 0 Å². The van der Waals surface area contributed by atoms with Gasteiger partial charge in [0.15, 0.2) is 0 Å². The van der Waals surface area contributed by atoms with E-state index in [2.05, 4.69) is 13.8 Å². The van der Waals surface area contributed by atoms with Crippen LogP contribution in [0.5, 0.6) is 0 Å². The maximum absolute atomic E-state index is 6.21. The van der Waals surface area contributed by atoms with Gasteiger partial charge in [0.05, 0.1) is 9.75 Å². The number of thioether (sulfide) groups is 1. The normalized spacial score (nSPS) is 18.5. The molecule has 2 unspecified atom stereocenters. The molecule has 0 rings (SSSR count). The molecule has 13 heavy (non-hydrogen) atoms. The lowest BCUT2D eigenvalue weighted by molar-refractivity contribution is 0.656. The van der Waals surface area contributed by atoms with Gasteiger partial charge >= 0.3 is 0 Å². The average Bonchev–Trinajstić information content (AvgIpc) is 1.82. The summed E-state index contributed by atoms with van der Waals surface area (Å²) < 4.78 is 0. The highest BCUT2D eigenvalue weighted by Crippen LogP contribution is 2.37. The summed E-state index contributed by atoms with van der Waals surface area (Å²) in [5, 5.41) is 0.810. The Hall–Kier alpha value is 0.930. The Morgan fingerprint density at radius 3 is 1.23 bits per heavy atom. The van der Waals surface area contributed by atoms with Gasteiger partial charge in [-0.3, -0.25) is 0 Å². The largest absolute Gasteiger partial charge is 0.152 e. The van der Waals surface area contributed by atoms with Crippen molar-refractivity contribution in [3.63, 3.8) is 0 Å². The van der Waals surface area contributed by atoms with Crippen molar-refractivity contribution in [3.8, 4) is 0 Å². The highest BCUT2D eigenvalue weighted by Gasteiger charge is 2.30. The number of rotatable bonds is 4. The van der Waals surface area contributed by atoms with Crippen LogP contribution in [-0.4, -0.2) is 20.2 Å². The fraction of sp³-hybridized carbons (Fsp3) is 1.00. The summed E-state index contributed by atoms with van der Waals surface area (Å²) in [4.78, 5) is -0.331. The topological polar surface area (TPSA) is 0 Å². The van der Waals surface area contributed by atoms with Gasteiger partial charge in [0.1, 0.15) is 0 Å². The Bertz CT molecular complexity index is 137. The van der Waals surface area contributed by atoms with E-state index in [9.17, 15) is 0 Å². The standard InChI is InChI=1S/C10H20Cl2S/c1-7(9(3,4)11)13-8(2)10(5,6)12/h7-8H,1-6H3. The molecule has 0 fully saturated rings. The predicted molar refractivity (Wildman–Crippen MR) is 66.4 cm³/mol. The fourth-order valence-electron chi connectivity index (χ4n) is 0.630. The molecule has 0 spiro atoms. The molecule has 0 aliphatic heterocycles. The number of hydrogen-bond acceptors (Lipinski definition) is 1. The van der Waals surface area contributed by atoms with Gasteiger partial charge < -0.3 is 0 Å². The molecule has 0 radical (unpaired) electrons. The zero-order chi connectivity index (χ0) is 10.9. The van der Waals surface area contributed by atoms with Crippen LogP contribution in [0.1, 0.15) is 41.5 Å². The third-order valence-corrected chi connectivity index (χ3v) is 5.25. The minimum atomic E-state index is -0.166. The van der Waals surface area contributed by atoms with Crippen LogP contribution in [0.25, 0.3) is 0 Å². The van der Waals surface area contributed by atoms with Crippen LogP contribution in [0, 0.1) is 0 Å². The minimum absolute atomic E-state index is 0.166. The van der Waals surface area contributed by atoms with Crippen molar-refractivity contribution in [2.75, 3.05) is 0 Å². The quantitative estimate of drug-likeness (QED) is 0.653. The van der Waals surface area contributed by atoms with Crippen molar-refractivity contribution >= 4 is 35.0 Å². The molecule has 0 aromatic rings. The Kier molecular flexibility index (Phi) is 4.96. The van der Waals surface area contributed by atoms with Crippen LogP contribution in [0.2, 0.25) is 0 Å². The van der Waals surface area contributed by atoms with E-state index < -0.39 is 0 Å². The summed E-state index contributed by atoms with van der Waals surface area (Å²) in [6.45, 7) is 12.5. The fourth-order valence-corrected chi connectivity index (χ4v) is 2.20. The number of alkyl halides is 2. The lowest BCUT2D eigenvalue weighted by atomic mass is 10.1. The molecular weight excluding hydrogens is 223 g/mol. The van der Waals surface area contributed by atoms with Gasteiger partial charge in [0.25, 0.3) is 0 Å². The smallest absolute Gasteiger partial charge is 0.0506 e. The molecule has 0 aromatic heterocycles. The lowest BCUT2D eigenvalue weighted by Gasteiger charge is -2.31. The highest BCUT2D eigenvalue weighted by atomic mass is 35.5. The minimum Gasteiger partial charge on any atom is -0.152 e. The Balaban J connectivity index is 4.15. The first-order valence-electron chi connectivity index (χ1n) is 4.58. The Morgan fingerprint density at radius 1 is 0.846 bits per heavy atom. The van der Waals surface area contributed by atoms with Crippen molar-refractivity contribution in [3.05, 3.63) is 0 Å². The van der Waals surface area contributed by atoms with E-state index in [0.717, 1.165) is 0 Å². The Labute approximate surface area is 96.8 Å². The van der Waals surface area contributed by atoms with Crippen molar-refractivity contribution < 1.29 is 0 Å². The second-order valence-electron chi connectivity index (χ2n) is 4.55. The second kappa shape index (κ2) is 4.63. The maximum atomic E-state index is 6.21. The molecule has 0 N–H and O–H groups in total. The van der Waals surface area contributed by atoms with E-state index in [-0.39, 0.29) is 9.75 Å². The van der Waals surface area contributed by atoms with Gasteiger partial charge in [-0.25, -0.2) is 0 Å². The Morgan fingerprint density at radius 2 is 1.08 bits per heavy atom. The van der Waals surface area contributed by atoms with E-state index in [1.54, 1.807) is 0 Å². The molecule has 0 saturated carbocycles. The summed E-state index contributed by atoms with van der Waals surface area (Å²) >= 11 is 14.3. The SMILES string of the molecule is CC(SC(C)C(C)(C)Cl)C(C)(C)Cl. The molecule has 0 aliphatic carbocycles. The summed E-state index contributed by atoms with van der Waals surface area (Å²) in [5.41, 5.74) is 0. The van der Waals surface area contributed by atoms with Gasteiger partial charge in [-0.2, -0.15) is 11.8 Å². The van der Waals surface area contributed by atoms with Crippen LogP contribution < -0.4 is 0 Å². The molecule has 3 heteroatoms. The third-order valence-electron chi connectivity index (χ3n) is 2.34. The first kappa shape index (κ1) is 13.9. The van der Waals surface area contributed by atoms with Gasteiger partial charge in [-0.1, -0.05) is 13.8 Å². The van der Waals surface area contributed by atoms with E-state index in [1.165, 1.54) is 0 Å². The molecule has 0 nitrogen and oxygen atoms in total. The van der Waals surface area contributed by atoms with Crippen molar-refractivity contribution in [2.24, 2.45) is 0 Å². The molecular formula is C10H20Cl2S. The molecule has 0 aromatic carbocycles. The third kappa shape index (κ3) is 5.39. The zero-order valence-electron chi connectivity index (χ0n) is 9.32. The van der Waals surface area contributed by atoms with Crippen LogP contribution in [0.4, 0.5) is 0 Å². The predicted octanol–water partition coefficient (Wildman–Crippen LogP) is 4.53. The maximum Gasteiger partial charge on any atom is 0.0506 e. The van der Waals surface area contributed by atoms with Crippen LogP contribution in [0.3, 0.4) is 0 Å². The highest BCUT2D eigenvalue weighted by molar-refractivity contribution is 8.00. The van der Waals surface area contributed by atoms with Gasteiger partial charge in [-0.15, -0.1) is 23.2 Å². The van der Waals surface area contributed by atoms with E-state index in [0.29, 0.717) is 10.5 Å². The van der Waals surface area contributed by atoms with Crippen LogP contribution >= 0.6 is 35.0 Å². The van der Waals surface area contributed by atoms with Gasteiger partial charge in [-0.05, 0) is 27.7 Å². The zero-order valence-corrected chi connectivity index (χ0v) is 11.6. The van der Waals surface area contributed by atoms with E-state index in [4.69, 9.17) is 23.2 Å². The molecule has 80 valence electrons. The van der Waals surface area contributed by atoms with E-state index >= 15 is 0 Å². The van der Waals surface area contributed by atoms with Crippen molar-refractivity contribution in [2.45, 2.75) is 61.8 Å². The molecule has 0 bridgehead atoms. The van der Waals surface area contributed by atoms with Gasteiger partial charge in [0, 0.05) is 10.5 Å². The first-order valence-corrected chi connectivity index (χ1v) is 6.28. The second-order valence-corrected chi connectivity index (χ2v) is 8.18. The summed E-state index contributed by atoms with van der Waals surface area (Å²) in [5.74, 6) is 0. The molecule has 0 heterocycles. The molecule has 2 atom stereocenters. The van der Waals surface area contributed by atoms with Gasteiger partial charge in [0.2, 0.25) is 0 Å². The average molecular weight is 243 g/mol. The van der Waals surface area contributed by atoms with Crippen molar-refractivity contribution in [1.29, 1.82) is 0 Å². The first-order chi connectivity index (χ1) is 5.55. The monoisotopic (exact) mass is 242 g/mol. The summed E-state index contributed by atoms with van der Waals surface area (Å²) in [6.07, 6.45) is 0. The number of hydrogen-bond donors (Lipinski definition) is 0. The summed E-state index contributed by atoms with van der Waals surface area (Å²) in [7, 11) is 0. The molecule has 0 amide bonds. The van der Waals surface area contributed by atoms with Crippen LogP contribution in [-0.2, 0) is 0 Å². The van der Waals surface area contributed by atoms with Crippen LogP contribution in [0.15, 0.2) is 0 Å².